The lowest BCUT2D eigenvalue weighted by atomic mass is 10.2. The third kappa shape index (κ3) is 6.83. The Bertz CT molecular complexity index is 1300. The minimum Gasteiger partial charge on any atom is -0.494 e. The van der Waals surface area contributed by atoms with Crippen molar-refractivity contribution >= 4 is 50.1 Å². The zero-order chi connectivity index (χ0) is 25.3. The van der Waals surface area contributed by atoms with Crippen molar-refractivity contribution < 1.29 is 9.53 Å². The first-order valence-electron chi connectivity index (χ1n) is 11.5. The highest BCUT2D eigenvalue weighted by molar-refractivity contribution is 9.10. The number of nitrogens with one attached hydrogen (secondary N) is 1. The van der Waals surface area contributed by atoms with Gasteiger partial charge in [-0.1, -0.05) is 59.2 Å². The summed E-state index contributed by atoms with van der Waals surface area (Å²) < 4.78 is 8.71. The van der Waals surface area contributed by atoms with E-state index in [0.717, 1.165) is 45.7 Å². The second-order valence-corrected chi connectivity index (χ2v) is 10.5. The number of unbranched alkanes of at least 4 members (excludes halogenated alkanes) is 1. The summed E-state index contributed by atoms with van der Waals surface area (Å²) in [6.07, 6.45) is 3.91. The van der Waals surface area contributed by atoms with Crippen molar-refractivity contribution in [2.24, 2.45) is 0 Å². The fourth-order valence-corrected chi connectivity index (χ4v) is 5.06. The Balaban J connectivity index is 1.38. The van der Waals surface area contributed by atoms with E-state index in [-0.39, 0.29) is 11.7 Å². The van der Waals surface area contributed by atoms with Gasteiger partial charge < -0.3 is 10.1 Å². The molecule has 4 rings (SSSR count). The Kier molecular flexibility index (Phi) is 9.32. The number of nitrogens with zero attached hydrogens (tertiary/aromatic N) is 4. The van der Waals surface area contributed by atoms with E-state index >= 15 is 0 Å². The fourth-order valence-electron chi connectivity index (χ4n) is 3.31. The monoisotopic (exact) mass is 583 g/mol. The third-order valence-corrected chi connectivity index (χ3v) is 7.38. The number of hydrogen-bond donors (Lipinski definition) is 1. The SMILES string of the molecule is C=CCn1c(SCC(=O)Nc2nc(-c3ccc(Br)cc3)cs2)nnc1-c1ccc(OCCCC)cc1. The number of amides is 1. The maximum Gasteiger partial charge on any atom is 0.236 e. The number of thioether (sulfide) groups is 1. The number of ether oxygens (including phenoxy) is 1. The highest BCUT2D eigenvalue weighted by Crippen LogP contribution is 2.28. The van der Waals surface area contributed by atoms with Crippen molar-refractivity contribution in [2.75, 3.05) is 17.7 Å². The van der Waals surface area contributed by atoms with Gasteiger partial charge in [-0.3, -0.25) is 9.36 Å². The van der Waals surface area contributed by atoms with E-state index in [2.05, 4.69) is 49.9 Å². The van der Waals surface area contributed by atoms with Crippen LogP contribution in [0.5, 0.6) is 5.75 Å². The smallest absolute Gasteiger partial charge is 0.236 e. The van der Waals surface area contributed by atoms with Crippen LogP contribution >= 0.6 is 39.0 Å². The Morgan fingerprint density at radius 3 is 2.64 bits per heavy atom. The summed E-state index contributed by atoms with van der Waals surface area (Å²) in [6.45, 7) is 7.23. The molecule has 36 heavy (non-hydrogen) atoms. The van der Waals surface area contributed by atoms with Gasteiger partial charge >= 0.3 is 0 Å². The van der Waals surface area contributed by atoms with E-state index in [1.54, 1.807) is 6.08 Å². The van der Waals surface area contributed by atoms with Crippen molar-refractivity contribution in [3.05, 3.63) is 71.0 Å². The van der Waals surface area contributed by atoms with Gasteiger partial charge in [-0.2, -0.15) is 0 Å². The summed E-state index contributed by atoms with van der Waals surface area (Å²) in [7, 11) is 0. The van der Waals surface area contributed by atoms with Crippen LogP contribution in [0.25, 0.3) is 22.6 Å². The lowest BCUT2D eigenvalue weighted by molar-refractivity contribution is -0.113. The molecule has 186 valence electrons. The Hall–Kier alpha value is -2.95. The second-order valence-electron chi connectivity index (χ2n) is 7.81. The van der Waals surface area contributed by atoms with E-state index < -0.39 is 0 Å². The number of thiazole rings is 1. The summed E-state index contributed by atoms with van der Waals surface area (Å²) in [4.78, 5) is 17.1. The fraction of sp³-hybridized carbons (Fsp3) is 0.231. The first-order valence-corrected chi connectivity index (χ1v) is 14.1. The minimum atomic E-state index is -0.153. The molecule has 2 aromatic heterocycles. The van der Waals surface area contributed by atoms with Gasteiger partial charge in [-0.15, -0.1) is 28.1 Å². The molecule has 0 fully saturated rings. The summed E-state index contributed by atoms with van der Waals surface area (Å²) in [5, 5.41) is 14.7. The molecular formula is C26H26BrN5O2S2. The van der Waals surface area contributed by atoms with Gasteiger partial charge in [-0.25, -0.2) is 4.98 Å². The highest BCUT2D eigenvalue weighted by Gasteiger charge is 2.16. The quantitative estimate of drug-likeness (QED) is 0.111. The number of carbonyl (C=O) groups excluding carboxylic acids is 1. The van der Waals surface area contributed by atoms with Crippen LogP contribution in [0.1, 0.15) is 19.8 Å². The maximum atomic E-state index is 12.6. The standard InChI is InChI=1S/C26H26BrN5O2S2/c1-3-5-15-34-21-12-8-19(9-13-21)24-30-31-26(32(24)14-4-2)36-17-23(33)29-25-28-22(16-35-25)18-6-10-20(27)11-7-18/h4,6-13,16H,2-3,5,14-15,17H2,1H3,(H,28,29,33). The molecule has 0 radical (unpaired) electrons. The van der Waals surface area contributed by atoms with Crippen LogP contribution < -0.4 is 10.1 Å². The average molecular weight is 585 g/mol. The Labute approximate surface area is 227 Å². The molecule has 0 saturated heterocycles. The lowest BCUT2D eigenvalue weighted by Crippen LogP contribution is -2.14. The molecule has 0 saturated carbocycles. The van der Waals surface area contributed by atoms with Crippen molar-refractivity contribution in [1.82, 2.24) is 19.7 Å². The average Bonchev–Trinajstić information content (AvgIpc) is 3.51. The van der Waals surface area contributed by atoms with Crippen molar-refractivity contribution in [1.29, 1.82) is 0 Å². The maximum absolute atomic E-state index is 12.6. The number of anilines is 1. The van der Waals surface area contributed by atoms with E-state index in [9.17, 15) is 4.79 Å². The largest absolute Gasteiger partial charge is 0.494 e. The number of rotatable bonds is 12. The van der Waals surface area contributed by atoms with Gasteiger partial charge in [0, 0.05) is 27.5 Å². The molecule has 0 spiro atoms. The predicted molar refractivity (Wildman–Crippen MR) is 151 cm³/mol. The van der Waals surface area contributed by atoms with Gasteiger partial charge in [0.25, 0.3) is 0 Å². The molecule has 4 aromatic rings. The molecule has 0 bridgehead atoms. The van der Waals surface area contributed by atoms with Crippen LogP contribution in [0.4, 0.5) is 5.13 Å². The van der Waals surface area contributed by atoms with Gasteiger partial charge in [0.2, 0.25) is 5.91 Å². The first-order chi connectivity index (χ1) is 17.6. The van der Waals surface area contributed by atoms with Gasteiger partial charge in [0.15, 0.2) is 16.1 Å². The molecule has 10 heteroatoms. The lowest BCUT2D eigenvalue weighted by Gasteiger charge is -2.09. The van der Waals surface area contributed by atoms with Gasteiger partial charge in [0.05, 0.1) is 18.1 Å². The van der Waals surface area contributed by atoms with Crippen LogP contribution in [-0.2, 0) is 11.3 Å². The molecule has 0 unspecified atom stereocenters. The second kappa shape index (κ2) is 12.8. The number of benzene rings is 2. The number of halogens is 1. The molecule has 0 aliphatic rings. The molecule has 0 aliphatic carbocycles. The van der Waals surface area contributed by atoms with Crippen LogP contribution in [-0.4, -0.2) is 38.0 Å². The summed E-state index contributed by atoms with van der Waals surface area (Å²) in [5.41, 5.74) is 2.74. The topological polar surface area (TPSA) is 81.9 Å². The van der Waals surface area contributed by atoms with Crippen LogP contribution in [0.15, 0.2) is 76.2 Å². The molecule has 0 aliphatic heterocycles. The number of aromatic nitrogens is 4. The molecule has 2 heterocycles. The number of allylic oxidation sites excluding steroid dienone is 1. The summed E-state index contributed by atoms with van der Waals surface area (Å²) >= 11 is 6.16. The normalized spacial score (nSPS) is 10.8. The summed E-state index contributed by atoms with van der Waals surface area (Å²) in [5.74, 6) is 1.59. The molecular weight excluding hydrogens is 558 g/mol. The van der Waals surface area contributed by atoms with Crippen LogP contribution in [0.3, 0.4) is 0 Å². The number of carbonyl (C=O) groups is 1. The van der Waals surface area contributed by atoms with E-state index in [4.69, 9.17) is 4.74 Å². The van der Waals surface area contributed by atoms with Crippen LogP contribution in [0.2, 0.25) is 0 Å². The first kappa shape index (κ1) is 26.1. The van der Waals surface area contributed by atoms with Crippen LogP contribution in [0, 0.1) is 0 Å². The highest BCUT2D eigenvalue weighted by atomic mass is 79.9. The van der Waals surface area contributed by atoms with Crippen molar-refractivity contribution in [3.8, 4) is 28.4 Å². The molecule has 1 N–H and O–H groups in total. The minimum absolute atomic E-state index is 0.153. The predicted octanol–water partition coefficient (Wildman–Crippen LogP) is 6.93. The Morgan fingerprint density at radius 2 is 1.92 bits per heavy atom. The zero-order valence-electron chi connectivity index (χ0n) is 19.8. The molecule has 7 nitrogen and oxygen atoms in total. The van der Waals surface area contributed by atoms with E-state index in [0.29, 0.717) is 23.4 Å². The van der Waals surface area contributed by atoms with E-state index in [1.165, 1.54) is 23.1 Å². The summed E-state index contributed by atoms with van der Waals surface area (Å²) in [6, 6.07) is 15.7. The third-order valence-electron chi connectivity index (χ3n) is 5.13. The van der Waals surface area contributed by atoms with Gasteiger partial charge in [0.1, 0.15) is 5.75 Å². The van der Waals surface area contributed by atoms with Gasteiger partial charge in [-0.05, 0) is 42.8 Å². The zero-order valence-corrected chi connectivity index (χ0v) is 23.0. The molecule has 0 atom stereocenters. The molecule has 1 amide bonds. The Morgan fingerprint density at radius 1 is 1.17 bits per heavy atom. The molecule has 2 aromatic carbocycles. The van der Waals surface area contributed by atoms with E-state index in [1.807, 2.05) is 58.5 Å². The van der Waals surface area contributed by atoms with Crippen molar-refractivity contribution in [2.45, 2.75) is 31.5 Å². The number of hydrogen-bond acceptors (Lipinski definition) is 7. The van der Waals surface area contributed by atoms with Crippen molar-refractivity contribution in [3.63, 3.8) is 0 Å².